The van der Waals surface area contributed by atoms with Crippen molar-refractivity contribution in [2.24, 2.45) is 0 Å². The lowest BCUT2D eigenvalue weighted by atomic mass is 9.97. The lowest BCUT2D eigenvalue weighted by molar-refractivity contribution is -0.135. The summed E-state index contributed by atoms with van der Waals surface area (Å²) in [4.78, 5) is 11.5. The first kappa shape index (κ1) is 15.3. The zero-order chi connectivity index (χ0) is 14.0. The molecule has 0 saturated heterocycles. The van der Waals surface area contributed by atoms with Crippen LogP contribution in [0.3, 0.4) is 0 Å². The van der Waals surface area contributed by atoms with E-state index in [9.17, 15) is 4.79 Å². The third-order valence-corrected chi connectivity index (χ3v) is 4.61. The number of aryl methyl sites for hydroxylation is 2. The van der Waals surface area contributed by atoms with Gasteiger partial charge < -0.3 is 4.74 Å². The average molecular weight is 332 g/mol. The van der Waals surface area contributed by atoms with Crippen LogP contribution >= 0.6 is 27.5 Å². The van der Waals surface area contributed by atoms with E-state index < -0.39 is 5.97 Å². The second kappa shape index (κ2) is 5.89. The number of esters is 1. The summed E-state index contributed by atoms with van der Waals surface area (Å²) >= 11 is 9.86. The molecule has 98 valence electrons. The van der Waals surface area contributed by atoms with E-state index >= 15 is 0 Å². The van der Waals surface area contributed by atoms with Crippen LogP contribution in [0.4, 0.5) is 0 Å². The molecule has 0 aromatic heterocycles. The zero-order valence-corrected chi connectivity index (χ0v) is 13.5. The van der Waals surface area contributed by atoms with E-state index in [0.29, 0.717) is 10.6 Å². The topological polar surface area (TPSA) is 26.3 Å². The van der Waals surface area contributed by atoms with Crippen molar-refractivity contribution in [3.63, 3.8) is 0 Å². The van der Waals surface area contributed by atoms with Gasteiger partial charge in [0.05, 0.1) is 17.7 Å². The molecular weight excluding hydrogens is 316 g/mol. The Morgan fingerprint density at radius 3 is 2.33 bits per heavy atom. The summed E-state index contributed by atoms with van der Waals surface area (Å²) in [5, 5.41) is 0.442. The minimum Gasteiger partial charge on any atom is -0.466 e. The molecule has 18 heavy (non-hydrogen) atoms. The highest BCUT2D eigenvalue weighted by molar-refractivity contribution is 9.10. The van der Waals surface area contributed by atoms with E-state index in [1.165, 1.54) is 7.11 Å². The molecule has 0 bridgehead atoms. The van der Waals surface area contributed by atoms with Gasteiger partial charge in [0.1, 0.15) is 0 Å². The summed E-state index contributed by atoms with van der Waals surface area (Å²) in [7, 11) is 1.35. The first-order chi connectivity index (χ1) is 8.31. The van der Waals surface area contributed by atoms with Gasteiger partial charge in [0.2, 0.25) is 0 Å². The molecule has 0 amide bonds. The highest BCUT2D eigenvalue weighted by atomic mass is 79.9. The number of hydrogen-bond acceptors (Lipinski definition) is 2. The number of carbonyl (C=O) groups is 1. The molecule has 0 atom stereocenters. The van der Waals surface area contributed by atoms with Gasteiger partial charge in [0, 0.05) is 10.0 Å². The Morgan fingerprint density at radius 2 is 1.83 bits per heavy atom. The summed E-state index contributed by atoms with van der Waals surface area (Å²) in [6.07, 6.45) is 0. The zero-order valence-electron chi connectivity index (χ0n) is 11.1. The number of halogens is 2. The van der Waals surface area contributed by atoms with Crippen LogP contribution in [0, 0.1) is 20.8 Å². The van der Waals surface area contributed by atoms with Crippen LogP contribution in [-0.2, 0) is 9.53 Å². The van der Waals surface area contributed by atoms with Crippen LogP contribution < -0.4 is 0 Å². The van der Waals surface area contributed by atoms with Gasteiger partial charge in [-0.15, -0.1) is 0 Å². The van der Waals surface area contributed by atoms with Crippen molar-refractivity contribution in [1.29, 1.82) is 0 Å². The number of methoxy groups -OCH3 is 1. The quantitative estimate of drug-likeness (QED) is 0.588. The van der Waals surface area contributed by atoms with Crippen molar-refractivity contribution in [3.8, 4) is 0 Å². The molecule has 0 N–H and O–H groups in total. The van der Waals surface area contributed by atoms with E-state index in [0.717, 1.165) is 26.7 Å². The van der Waals surface area contributed by atoms with E-state index in [-0.39, 0.29) is 0 Å². The molecule has 0 aliphatic rings. The van der Waals surface area contributed by atoms with Crippen molar-refractivity contribution in [2.45, 2.75) is 27.7 Å². The van der Waals surface area contributed by atoms with Gasteiger partial charge in [0.15, 0.2) is 0 Å². The summed E-state index contributed by atoms with van der Waals surface area (Å²) in [6.45, 7) is 7.65. The number of benzene rings is 1. The van der Waals surface area contributed by atoms with E-state index in [4.69, 9.17) is 16.3 Å². The van der Waals surface area contributed by atoms with Crippen LogP contribution in [-0.4, -0.2) is 13.1 Å². The molecule has 1 aromatic rings. The Morgan fingerprint density at radius 1 is 1.28 bits per heavy atom. The summed E-state index contributed by atoms with van der Waals surface area (Å²) in [6, 6.07) is 2.04. The Labute approximate surface area is 121 Å². The smallest absolute Gasteiger partial charge is 0.334 e. The van der Waals surface area contributed by atoms with Crippen LogP contribution in [0.5, 0.6) is 0 Å². The first-order valence-corrected chi connectivity index (χ1v) is 6.69. The SMILES string of the molecule is COC(=O)/C(C)=C(/Cl)c1c(C)cc(C)c(Br)c1C. The lowest BCUT2D eigenvalue weighted by Gasteiger charge is -2.14. The maximum Gasteiger partial charge on any atom is 0.334 e. The fourth-order valence-corrected chi connectivity index (χ4v) is 2.61. The minimum atomic E-state index is -0.407. The number of carbonyl (C=O) groups excluding carboxylic acids is 1. The van der Waals surface area contributed by atoms with Crippen LogP contribution in [0.15, 0.2) is 16.1 Å². The fraction of sp³-hybridized carbons (Fsp3) is 0.357. The fourth-order valence-electron chi connectivity index (χ4n) is 1.93. The van der Waals surface area contributed by atoms with E-state index in [1.54, 1.807) is 6.92 Å². The van der Waals surface area contributed by atoms with Gasteiger partial charge >= 0.3 is 5.97 Å². The molecule has 0 fully saturated rings. The summed E-state index contributed by atoms with van der Waals surface area (Å²) < 4.78 is 5.71. The van der Waals surface area contributed by atoms with Crippen molar-refractivity contribution in [1.82, 2.24) is 0 Å². The normalized spacial score (nSPS) is 12.2. The van der Waals surface area contributed by atoms with E-state index in [1.807, 2.05) is 26.8 Å². The van der Waals surface area contributed by atoms with Gasteiger partial charge in [-0.25, -0.2) is 4.79 Å². The van der Waals surface area contributed by atoms with Crippen LogP contribution in [0.1, 0.15) is 29.2 Å². The van der Waals surface area contributed by atoms with Gasteiger partial charge in [-0.2, -0.15) is 0 Å². The molecule has 0 heterocycles. The van der Waals surface area contributed by atoms with Crippen molar-refractivity contribution < 1.29 is 9.53 Å². The molecule has 1 aromatic carbocycles. The third kappa shape index (κ3) is 2.78. The number of rotatable bonds is 2. The maximum atomic E-state index is 11.5. The molecule has 0 unspecified atom stereocenters. The monoisotopic (exact) mass is 330 g/mol. The molecule has 0 radical (unpaired) electrons. The van der Waals surface area contributed by atoms with Crippen molar-refractivity contribution in [2.75, 3.05) is 7.11 Å². The molecule has 0 spiro atoms. The molecule has 2 nitrogen and oxygen atoms in total. The average Bonchev–Trinajstić information content (AvgIpc) is 2.34. The second-order valence-corrected chi connectivity index (χ2v) is 5.43. The van der Waals surface area contributed by atoms with Crippen LogP contribution in [0.2, 0.25) is 0 Å². The minimum absolute atomic E-state index is 0.407. The predicted octanol–water partition coefficient (Wildman–Crippen LogP) is 4.52. The Kier molecular flexibility index (Phi) is 5.00. The maximum absolute atomic E-state index is 11.5. The summed E-state index contributed by atoms with van der Waals surface area (Å²) in [5.41, 5.74) is 4.52. The Bertz CT molecular complexity index is 533. The second-order valence-electron chi connectivity index (χ2n) is 4.25. The molecular formula is C14H16BrClO2. The molecule has 0 aliphatic heterocycles. The van der Waals surface area contributed by atoms with Crippen molar-refractivity contribution in [3.05, 3.63) is 38.4 Å². The largest absolute Gasteiger partial charge is 0.466 e. The van der Waals surface area contributed by atoms with Crippen LogP contribution in [0.25, 0.3) is 5.03 Å². The molecule has 0 aliphatic carbocycles. The highest BCUT2D eigenvalue weighted by Gasteiger charge is 2.17. The molecule has 4 heteroatoms. The Hall–Kier alpha value is -0.800. The molecule has 1 rings (SSSR count). The van der Waals surface area contributed by atoms with E-state index in [2.05, 4.69) is 15.9 Å². The first-order valence-electron chi connectivity index (χ1n) is 5.52. The standard InChI is InChI=1S/C14H16BrClO2/c1-7-6-8(2)12(15)9(3)11(7)13(16)10(4)14(17)18-5/h6H,1-5H3/b13-10+. The van der Waals surface area contributed by atoms with Gasteiger partial charge in [-0.3, -0.25) is 0 Å². The van der Waals surface area contributed by atoms with Crippen molar-refractivity contribution >= 4 is 38.5 Å². The predicted molar refractivity (Wildman–Crippen MR) is 78.8 cm³/mol. The number of hydrogen-bond donors (Lipinski definition) is 0. The van der Waals surface area contributed by atoms with Gasteiger partial charge in [-0.05, 0) is 44.4 Å². The van der Waals surface area contributed by atoms with Gasteiger partial charge in [-0.1, -0.05) is 33.6 Å². The highest BCUT2D eigenvalue weighted by Crippen LogP contribution is 2.35. The summed E-state index contributed by atoms with van der Waals surface area (Å²) in [5.74, 6) is -0.407. The lowest BCUT2D eigenvalue weighted by Crippen LogP contribution is -2.04. The van der Waals surface area contributed by atoms with Gasteiger partial charge in [0.25, 0.3) is 0 Å². The molecule has 0 saturated carbocycles. The third-order valence-electron chi connectivity index (χ3n) is 2.92. The number of ether oxygens (including phenoxy) is 1. The Balaban J connectivity index is 3.52.